The van der Waals surface area contributed by atoms with Gasteiger partial charge in [-0.2, -0.15) is 0 Å². The van der Waals surface area contributed by atoms with E-state index in [2.05, 4.69) is 46.9 Å². The minimum Gasteiger partial charge on any atom is -0.540 e. The third kappa shape index (κ3) is 5.35. The fourth-order valence-corrected chi connectivity index (χ4v) is 10.4. The van der Waals surface area contributed by atoms with E-state index in [1.165, 1.54) is 18.1 Å². The number of anilines is 1. The summed E-state index contributed by atoms with van der Waals surface area (Å²) in [6, 6.07) is 2.69. The minimum absolute atomic E-state index is 0.122. The molecule has 8 nitrogen and oxygen atoms in total. The molecule has 0 aliphatic carbocycles. The van der Waals surface area contributed by atoms with Crippen LogP contribution in [0.5, 0.6) is 11.5 Å². The van der Waals surface area contributed by atoms with Crippen LogP contribution < -0.4 is 14.5 Å². The zero-order valence-electron chi connectivity index (χ0n) is 20.9. The van der Waals surface area contributed by atoms with E-state index in [0.29, 0.717) is 34.5 Å². The summed E-state index contributed by atoms with van der Waals surface area (Å²) in [4.78, 5) is 26.4. The fourth-order valence-electron chi connectivity index (χ4n) is 5.12. The van der Waals surface area contributed by atoms with E-state index < -0.39 is 20.3 Å². The Labute approximate surface area is 197 Å². The van der Waals surface area contributed by atoms with Gasteiger partial charge in [0.25, 0.3) is 14.2 Å². The molecule has 9 heteroatoms. The summed E-state index contributed by atoms with van der Waals surface area (Å²) in [7, 11) is -0.868. The number of hydrogen-bond acceptors (Lipinski definition) is 5. The zero-order valence-corrected chi connectivity index (χ0v) is 21.9. The lowest BCUT2D eigenvalue weighted by molar-refractivity contribution is 0.0732. The predicted molar refractivity (Wildman–Crippen MR) is 132 cm³/mol. The van der Waals surface area contributed by atoms with Crippen LogP contribution in [0.25, 0.3) is 0 Å². The molecule has 0 radical (unpaired) electrons. The Balaban J connectivity index is 2.64. The number of nitrogens with one attached hydrogen (secondary N) is 1. The van der Waals surface area contributed by atoms with Gasteiger partial charge in [-0.3, -0.25) is 10.1 Å². The summed E-state index contributed by atoms with van der Waals surface area (Å²) in [5, 5.41) is 21.5. The van der Waals surface area contributed by atoms with Crippen LogP contribution in [-0.4, -0.2) is 55.2 Å². The Morgan fingerprint density at radius 2 is 1.70 bits per heavy atom. The van der Waals surface area contributed by atoms with Crippen LogP contribution in [0.4, 0.5) is 10.5 Å². The minimum atomic E-state index is -2.37. The first-order chi connectivity index (χ1) is 15.4. The normalized spacial score (nSPS) is 16.4. The largest absolute Gasteiger partial charge is 0.540 e. The van der Waals surface area contributed by atoms with Crippen LogP contribution >= 0.6 is 0 Å². The molecule has 184 valence electrons. The number of aliphatic hydroxyl groups is 1. The van der Waals surface area contributed by atoms with Gasteiger partial charge in [0, 0.05) is 12.3 Å². The van der Waals surface area contributed by atoms with Gasteiger partial charge < -0.3 is 24.3 Å². The highest BCUT2D eigenvalue weighted by Crippen LogP contribution is 2.46. The van der Waals surface area contributed by atoms with Gasteiger partial charge in [0.2, 0.25) is 0 Å². The van der Waals surface area contributed by atoms with Crippen molar-refractivity contribution in [3.63, 3.8) is 0 Å². The number of nitrogens with zero attached hydrogens (tertiary/aromatic N) is 1. The van der Waals surface area contributed by atoms with Crippen LogP contribution in [0.15, 0.2) is 23.9 Å². The SMILES string of the molecule is COc1cc(C(=O)N2C=C(C)CC2CO)c(NC(=O)O)cc1O[Si](C(C)C)(C(C)C)C(C)C. The molecular weight excluding hydrogens is 440 g/mol. The number of rotatable bonds is 9. The van der Waals surface area contributed by atoms with Crippen LogP contribution in [-0.2, 0) is 0 Å². The maximum Gasteiger partial charge on any atom is 0.409 e. The van der Waals surface area contributed by atoms with Gasteiger partial charge in [0.15, 0.2) is 5.75 Å². The van der Waals surface area contributed by atoms with Crippen LogP contribution in [0.3, 0.4) is 0 Å². The van der Waals surface area contributed by atoms with Crippen LogP contribution in [0.2, 0.25) is 16.6 Å². The first-order valence-electron chi connectivity index (χ1n) is 11.4. The molecule has 0 bridgehead atoms. The average Bonchev–Trinajstić information content (AvgIpc) is 3.11. The number of carbonyl (C=O) groups is 2. The number of hydrogen-bond donors (Lipinski definition) is 3. The van der Waals surface area contributed by atoms with Gasteiger partial charge >= 0.3 is 6.09 Å². The van der Waals surface area contributed by atoms with Crippen LogP contribution in [0.1, 0.15) is 65.2 Å². The lowest BCUT2D eigenvalue weighted by Gasteiger charge is -2.42. The molecule has 3 N–H and O–H groups in total. The highest BCUT2D eigenvalue weighted by atomic mass is 28.4. The molecule has 1 heterocycles. The van der Waals surface area contributed by atoms with Crippen molar-refractivity contribution in [1.29, 1.82) is 0 Å². The molecular formula is C24H38N2O6Si. The van der Waals surface area contributed by atoms with Crippen molar-refractivity contribution in [2.24, 2.45) is 0 Å². The van der Waals surface area contributed by atoms with Crippen molar-refractivity contribution in [1.82, 2.24) is 4.90 Å². The molecule has 0 spiro atoms. The first-order valence-corrected chi connectivity index (χ1v) is 13.5. The van der Waals surface area contributed by atoms with Gasteiger partial charge in [0.05, 0.1) is 31.0 Å². The van der Waals surface area contributed by atoms with Crippen molar-refractivity contribution in [3.8, 4) is 11.5 Å². The topological polar surface area (TPSA) is 108 Å². The molecule has 1 aliphatic heterocycles. The average molecular weight is 479 g/mol. The number of ether oxygens (including phenoxy) is 1. The molecule has 1 aromatic carbocycles. The number of amides is 2. The molecule has 1 aromatic rings. The molecule has 1 atom stereocenters. The van der Waals surface area contributed by atoms with Crippen molar-refractivity contribution < 1.29 is 29.0 Å². The standard InChI is InChI=1S/C24H38N2O6Si/c1-14(2)33(15(3)4,16(5)6)32-22-11-20(25-24(29)30)19(10-21(22)31-8)23(28)26-12-17(7)9-18(26)13-27/h10-12,14-16,18,25,27H,9,13H2,1-8H3,(H,29,30). The number of carbonyl (C=O) groups excluding carboxylic acids is 1. The number of aliphatic hydroxyl groups excluding tert-OH is 1. The Bertz CT molecular complexity index is 891. The van der Waals surface area contributed by atoms with Gasteiger partial charge in [-0.25, -0.2) is 4.79 Å². The van der Waals surface area contributed by atoms with E-state index in [1.54, 1.807) is 12.3 Å². The van der Waals surface area contributed by atoms with E-state index in [4.69, 9.17) is 9.16 Å². The summed E-state index contributed by atoms with van der Waals surface area (Å²) in [6.45, 7) is 14.6. The lowest BCUT2D eigenvalue weighted by atomic mass is 10.1. The summed E-state index contributed by atoms with van der Waals surface area (Å²) in [5.74, 6) is 0.376. The molecule has 33 heavy (non-hydrogen) atoms. The van der Waals surface area contributed by atoms with Crippen molar-refractivity contribution >= 4 is 26.0 Å². The molecule has 1 aliphatic rings. The number of carboxylic acid groups (broad SMARTS) is 1. The highest BCUT2D eigenvalue weighted by molar-refractivity contribution is 6.78. The van der Waals surface area contributed by atoms with Crippen molar-refractivity contribution in [2.75, 3.05) is 19.0 Å². The maximum atomic E-state index is 13.4. The zero-order chi connectivity index (χ0) is 25.1. The van der Waals surface area contributed by atoms with Gasteiger partial charge in [-0.15, -0.1) is 0 Å². The summed E-state index contributed by atoms with van der Waals surface area (Å²) in [5.41, 5.74) is 2.10. The van der Waals surface area contributed by atoms with Gasteiger partial charge in [0.1, 0.15) is 5.75 Å². The third-order valence-electron chi connectivity index (χ3n) is 6.53. The van der Waals surface area contributed by atoms with E-state index in [-0.39, 0.29) is 23.9 Å². The van der Waals surface area contributed by atoms with E-state index in [1.807, 2.05) is 6.92 Å². The quantitative estimate of drug-likeness (QED) is 0.407. The molecule has 1 unspecified atom stereocenters. The Morgan fingerprint density at radius 3 is 2.15 bits per heavy atom. The van der Waals surface area contributed by atoms with E-state index >= 15 is 0 Å². The second kappa shape index (κ2) is 10.6. The summed E-state index contributed by atoms with van der Waals surface area (Å²) < 4.78 is 12.4. The Hall–Kier alpha value is -2.52. The number of methoxy groups -OCH3 is 1. The lowest BCUT2D eigenvalue weighted by Crippen LogP contribution is -2.50. The van der Waals surface area contributed by atoms with Gasteiger partial charge in [-0.05, 0) is 36.0 Å². The summed E-state index contributed by atoms with van der Waals surface area (Å²) in [6.07, 6.45) is 0.971. The Morgan fingerprint density at radius 1 is 1.12 bits per heavy atom. The van der Waals surface area contributed by atoms with Crippen LogP contribution in [0, 0.1) is 0 Å². The van der Waals surface area contributed by atoms with E-state index in [9.17, 15) is 19.8 Å². The number of benzene rings is 1. The Kier molecular flexibility index (Phi) is 8.59. The predicted octanol–water partition coefficient (Wildman–Crippen LogP) is 5.45. The second-order valence-corrected chi connectivity index (χ2v) is 15.0. The smallest absolute Gasteiger partial charge is 0.409 e. The molecule has 0 aromatic heterocycles. The molecule has 2 rings (SSSR count). The molecule has 0 saturated carbocycles. The monoisotopic (exact) mass is 478 g/mol. The fraction of sp³-hybridized carbons (Fsp3) is 0.583. The van der Waals surface area contributed by atoms with E-state index in [0.717, 1.165) is 5.57 Å². The first kappa shape index (κ1) is 26.7. The molecule has 0 fully saturated rings. The van der Waals surface area contributed by atoms with Gasteiger partial charge in [-0.1, -0.05) is 47.1 Å². The molecule has 2 amide bonds. The highest BCUT2D eigenvalue weighted by Gasteiger charge is 2.47. The second-order valence-electron chi connectivity index (χ2n) is 9.63. The third-order valence-corrected chi connectivity index (χ3v) is 12.5. The van der Waals surface area contributed by atoms with Crippen molar-refractivity contribution in [3.05, 3.63) is 29.5 Å². The maximum absolute atomic E-state index is 13.4. The summed E-state index contributed by atoms with van der Waals surface area (Å²) >= 11 is 0. The molecule has 0 saturated heterocycles. The van der Waals surface area contributed by atoms with Crippen molar-refractivity contribution in [2.45, 2.75) is 77.6 Å².